The number of rotatable bonds is 12. The molecule has 8 aromatic rings. The lowest BCUT2D eigenvalue weighted by Crippen LogP contribution is -2.12. The van der Waals surface area contributed by atoms with E-state index in [0.29, 0.717) is 0 Å². The standard InChI is InChI=1S/C57H50N2O/c1-41-24-35-55(43(3)38-41)59(56-36-25-42(2)39-44(56)4)50-29-26-45(27-30-50)16-12-13-21-48-28-37-57(53-23-15-14-22-52(48)53)58(49-31-33-51(60-5)34-32-49)40-54(46-17-8-6-9-18-46)47-19-10-7-11-20-47/h6-40H,1-5H3/b16-12+,21-13+. The van der Waals surface area contributed by atoms with Gasteiger partial charge in [0.05, 0.1) is 12.8 Å². The Kier molecular flexibility index (Phi) is 11.9. The zero-order chi connectivity index (χ0) is 41.4. The van der Waals surface area contributed by atoms with Gasteiger partial charge >= 0.3 is 0 Å². The molecule has 8 rings (SSSR count). The number of ether oxygens (including phenoxy) is 1. The molecule has 0 saturated carbocycles. The molecular weight excluding hydrogens is 729 g/mol. The molecule has 0 aliphatic carbocycles. The van der Waals surface area contributed by atoms with Crippen molar-refractivity contribution in [1.29, 1.82) is 0 Å². The molecule has 0 aromatic heterocycles. The first-order valence-corrected chi connectivity index (χ1v) is 20.5. The van der Waals surface area contributed by atoms with Gasteiger partial charge in [0, 0.05) is 39.9 Å². The maximum absolute atomic E-state index is 5.55. The van der Waals surface area contributed by atoms with Crippen LogP contribution in [0.2, 0.25) is 0 Å². The number of aryl methyl sites for hydroxylation is 4. The van der Waals surface area contributed by atoms with Crippen molar-refractivity contribution in [3.05, 3.63) is 245 Å². The Balaban J connectivity index is 1.11. The molecular formula is C57H50N2O. The fourth-order valence-corrected chi connectivity index (χ4v) is 7.95. The molecule has 3 nitrogen and oxygen atoms in total. The van der Waals surface area contributed by atoms with Crippen LogP contribution in [0.15, 0.2) is 200 Å². The Bertz CT molecular complexity index is 2720. The van der Waals surface area contributed by atoms with Crippen LogP contribution in [0.25, 0.3) is 28.5 Å². The summed E-state index contributed by atoms with van der Waals surface area (Å²) >= 11 is 0. The minimum Gasteiger partial charge on any atom is -0.497 e. The van der Waals surface area contributed by atoms with Crippen molar-refractivity contribution in [2.24, 2.45) is 0 Å². The average molecular weight is 779 g/mol. The molecule has 3 heteroatoms. The Morgan fingerprint density at radius 2 is 0.983 bits per heavy atom. The smallest absolute Gasteiger partial charge is 0.119 e. The number of benzene rings is 8. The highest BCUT2D eigenvalue weighted by Gasteiger charge is 2.18. The number of hydrogen-bond acceptors (Lipinski definition) is 3. The molecule has 0 N–H and O–H groups in total. The van der Waals surface area contributed by atoms with Gasteiger partial charge in [0.1, 0.15) is 5.75 Å². The van der Waals surface area contributed by atoms with Gasteiger partial charge in [-0.15, -0.1) is 0 Å². The Hall–Kier alpha value is -7.36. The van der Waals surface area contributed by atoms with Crippen molar-refractivity contribution >= 4 is 56.9 Å². The molecule has 0 fully saturated rings. The fourth-order valence-electron chi connectivity index (χ4n) is 7.95. The van der Waals surface area contributed by atoms with Crippen LogP contribution < -0.4 is 14.5 Å². The first-order chi connectivity index (χ1) is 29.4. The molecule has 0 amide bonds. The van der Waals surface area contributed by atoms with Crippen molar-refractivity contribution in [2.45, 2.75) is 27.7 Å². The van der Waals surface area contributed by atoms with Crippen molar-refractivity contribution in [3.8, 4) is 5.75 Å². The van der Waals surface area contributed by atoms with Gasteiger partial charge in [-0.25, -0.2) is 0 Å². The molecule has 0 heterocycles. The highest BCUT2D eigenvalue weighted by atomic mass is 16.5. The summed E-state index contributed by atoms with van der Waals surface area (Å²) in [5.41, 5.74) is 16.4. The Morgan fingerprint density at radius 3 is 1.55 bits per heavy atom. The van der Waals surface area contributed by atoms with Crippen molar-refractivity contribution in [1.82, 2.24) is 0 Å². The first kappa shape index (κ1) is 39.5. The van der Waals surface area contributed by atoms with Crippen LogP contribution in [0.4, 0.5) is 28.4 Å². The Labute approximate surface area is 355 Å². The minimum atomic E-state index is 0.819. The summed E-state index contributed by atoms with van der Waals surface area (Å²) in [6.07, 6.45) is 10.9. The van der Waals surface area contributed by atoms with E-state index in [0.717, 1.165) is 56.0 Å². The van der Waals surface area contributed by atoms with E-state index in [4.69, 9.17) is 4.74 Å². The van der Waals surface area contributed by atoms with E-state index in [-0.39, 0.29) is 0 Å². The summed E-state index contributed by atoms with van der Waals surface area (Å²) in [4.78, 5) is 4.68. The largest absolute Gasteiger partial charge is 0.497 e. The van der Waals surface area contributed by atoms with E-state index in [1.807, 2.05) is 12.1 Å². The van der Waals surface area contributed by atoms with E-state index in [1.54, 1.807) is 7.11 Å². The number of fused-ring (bicyclic) bond motifs is 1. The second-order valence-electron chi connectivity index (χ2n) is 15.3. The van der Waals surface area contributed by atoms with Gasteiger partial charge in [-0.3, -0.25) is 0 Å². The van der Waals surface area contributed by atoms with Gasteiger partial charge in [0.2, 0.25) is 0 Å². The van der Waals surface area contributed by atoms with Crippen LogP contribution in [0.3, 0.4) is 0 Å². The van der Waals surface area contributed by atoms with Crippen LogP contribution in [0, 0.1) is 27.7 Å². The third kappa shape index (κ3) is 8.72. The molecule has 0 aliphatic rings. The summed E-state index contributed by atoms with van der Waals surface area (Å²) in [5, 5.41) is 2.33. The SMILES string of the molecule is COc1ccc(N(C=C(c2ccccc2)c2ccccc2)c2ccc(/C=C/C=C/c3ccc(N(c4ccc(C)cc4C)c4ccc(C)cc4C)cc3)c3ccccc23)cc1. The average Bonchev–Trinajstić information content (AvgIpc) is 3.28. The zero-order valence-electron chi connectivity index (χ0n) is 35.0. The molecule has 0 atom stereocenters. The van der Waals surface area contributed by atoms with Crippen molar-refractivity contribution < 1.29 is 4.74 Å². The van der Waals surface area contributed by atoms with E-state index in [2.05, 4.69) is 238 Å². The lowest BCUT2D eigenvalue weighted by atomic mass is 9.97. The second kappa shape index (κ2) is 18.1. The number of allylic oxidation sites excluding steroid dienone is 2. The number of anilines is 5. The quantitative estimate of drug-likeness (QED) is 0.115. The maximum Gasteiger partial charge on any atom is 0.119 e. The van der Waals surface area contributed by atoms with Crippen LogP contribution in [-0.4, -0.2) is 7.11 Å². The summed E-state index contributed by atoms with van der Waals surface area (Å²) in [6, 6.07) is 64.8. The van der Waals surface area contributed by atoms with Gasteiger partial charge < -0.3 is 14.5 Å². The van der Waals surface area contributed by atoms with E-state index < -0.39 is 0 Å². The lowest BCUT2D eigenvalue weighted by molar-refractivity contribution is 0.415. The summed E-state index contributed by atoms with van der Waals surface area (Å²) in [7, 11) is 1.70. The Morgan fingerprint density at radius 1 is 0.467 bits per heavy atom. The molecule has 8 aromatic carbocycles. The number of hydrogen-bond donors (Lipinski definition) is 0. The lowest BCUT2D eigenvalue weighted by Gasteiger charge is -2.29. The molecule has 294 valence electrons. The van der Waals surface area contributed by atoms with E-state index in [1.165, 1.54) is 39.0 Å². The molecule has 60 heavy (non-hydrogen) atoms. The molecule has 0 spiro atoms. The predicted octanol–water partition coefficient (Wildman–Crippen LogP) is 15.5. The van der Waals surface area contributed by atoms with Crippen molar-refractivity contribution in [3.63, 3.8) is 0 Å². The van der Waals surface area contributed by atoms with Gasteiger partial charge in [-0.05, 0) is 121 Å². The predicted molar refractivity (Wildman–Crippen MR) is 257 cm³/mol. The second-order valence-corrected chi connectivity index (χ2v) is 15.3. The van der Waals surface area contributed by atoms with Crippen LogP contribution in [0.1, 0.15) is 44.5 Å². The molecule has 0 radical (unpaired) electrons. The zero-order valence-corrected chi connectivity index (χ0v) is 35.0. The van der Waals surface area contributed by atoms with Crippen LogP contribution in [0.5, 0.6) is 5.75 Å². The first-order valence-electron chi connectivity index (χ1n) is 20.5. The molecule has 0 aliphatic heterocycles. The third-order valence-corrected chi connectivity index (χ3v) is 11.0. The molecule has 0 unspecified atom stereocenters. The van der Waals surface area contributed by atoms with Gasteiger partial charge in [0.25, 0.3) is 0 Å². The highest BCUT2D eigenvalue weighted by molar-refractivity contribution is 6.02. The topological polar surface area (TPSA) is 15.7 Å². The summed E-state index contributed by atoms with van der Waals surface area (Å²) < 4.78 is 5.55. The van der Waals surface area contributed by atoms with Gasteiger partial charge in [-0.1, -0.05) is 163 Å². The maximum atomic E-state index is 5.55. The third-order valence-electron chi connectivity index (χ3n) is 11.0. The van der Waals surface area contributed by atoms with Crippen LogP contribution in [-0.2, 0) is 0 Å². The van der Waals surface area contributed by atoms with Gasteiger partial charge in [0.15, 0.2) is 0 Å². The van der Waals surface area contributed by atoms with E-state index >= 15 is 0 Å². The monoisotopic (exact) mass is 778 g/mol. The minimum absolute atomic E-state index is 0.819. The normalized spacial score (nSPS) is 11.3. The highest BCUT2D eigenvalue weighted by Crippen LogP contribution is 2.40. The van der Waals surface area contributed by atoms with E-state index in [9.17, 15) is 0 Å². The van der Waals surface area contributed by atoms with Gasteiger partial charge in [-0.2, -0.15) is 0 Å². The fraction of sp³-hybridized carbons (Fsp3) is 0.0877. The number of nitrogens with zero attached hydrogens (tertiary/aromatic N) is 2. The number of methoxy groups -OCH3 is 1. The van der Waals surface area contributed by atoms with Crippen LogP contribution >= 0.6 is 0 Å². The summed E-state index contributed by atoms with van der Waals surface area (Å²) in [5.74, 6) is 0.819. The molecule has 0 saturated heterocycles. The van der Waals surface area contributed by atoms with Crippen molar-refractivity contribution in [2.75, 3.05) is 16.9 Å². The molecule has 0 bridgehead atoms. The summed E-state index contributed by atoms with van der Waals surface area (Å²) in [6.45, 7) is 8.69.